The van der Waals surface area contributed by atoms with Crippen LogP contribution in [0.15, 0.2) is 59.5 Å². The van der Waals surface area contributed by atoms with Crippen LogP contribution in [0.5, 0.6) is 0 Å². The number of nitrogens with one attached hydrogen (secondary N) is 1. The van der Waals surface area contributed by atoms with Crippen LogP contribution in [-0.2, 0) is 27.0 Å². The van der Waals surface area contributed by atoms with Crippen LogP contribution >= 0.6 is 11.8 Å². The van der Waals surface area contributed by atoms with E-state index >= 15 is 0 Å². The van der Waals surface area contributed by atoms with Crippen molar-refractivity contribution < 1.29 is 13.2 Å². The zero-order valence-corrected chi connectivity index (χ0v) is 15.6. The number of primary sulfonamides is 1. The van der Waals surface area contributed by atoms with Gasteiger partial charge < -0.3 is 5.32 Å². The van der Waals surface area contributed by atoms with Gasteiger partial charge in [0.25, 0.3) is 0 Å². The number of sulfonamides is 1. The van der Waals surface area contributed by atoms with Crippen molar-refractivity contribution in [2.45, 2.75) is 29.2 Å². The second-order valence-electron chi connectivity index (χ2n) is 5.67. The molecule has 0 unspecified atom stereocenters. The van der Waals surface area contributed by atoms with Crippen molar-refractivity contribution >= 4 is 27.7 Å². The molecule has 0 aliphatic carbocycles. The Hall–Kier alpha value is -1.83. The van der Waals surface area contributed by atoms with Crippen molar-refractivity contribution in [3.63, 3.8) is 0 Å². The molecule has 0 aliphatic heterocycles. The molecule has 2 aromatic rings. The molecule has 0 fully saturated rings. The Bertz CT molecular complexity index is 791. The Kier molecular flexibility index (Phi) is 7.04. The summed E-state index contributed by atoms with van der Waals surface area (Å²) in [6, 6.07) is 16.4. The Morgan fingerprint density at radius 3 is 2.32 bits per heavy atom. The van der Waals surface area contributed by atoms with Crippen molar-refractivity contribution in [2.75, 3.05) is 6.54 Å². The van der Waals surface area contributed by atoms with E-state index in [4.69, 9.17) is 5.14 Å². The number of hydrogen-bond donors (Lipinski definition) is 2. The second-order valence-corrected chi connectivity index (χ2v) is 8.56. The lowest BCUT2D eigenvalue weighted by Crippen LogP contribution is -2.32. The maximum absolute atomic E-state index is 12.1. The normalized spacial score (nSPS) is 12.6. The van der Waals surface area contributed by atoms with Gasteiger partial charge in [-0.25, -0.2) is 13.6 Å². The third kappa shape index (κ3) is 6.53. The maximum Gasteiger partial charge on any atom is 0.238 e. The lowest BCUT2D eigenvalue weighted by Gasteiger charge is -2.12. The van der Waals surface area contributed by atoms with E-state index in [1.165, 1.54) is 17.7 Å². The molecule has 1 atom stereocenters. The Labute approximate surface area is 153 Å². The van der Waals surface area contributed by atoms with Crippen LogP contribution in [0.1, 0.15) is 18.1 Å². The Morgan fingerprint density at radius 2 is 1.72 bits per heavy atom. The van der Waals surface area contributed by atoms with E-state index in [-0.39, 0.29) is 16.1 Å². The average molecular weight is 379 g/mol. The molecular formula is C18H22N2O3S2. The van der Waals surface area contributed by atoms with Crippen LogP contribution in [0.2, 0.25) is 0 Å². The van der Waals surface area contributed by atoms with Gasteiger partial charge in [-0.3, -0.25) is 4.79 Å². The maximum atomic E-state index is 12.1. The van der Waals surface area contributed by atoms with Crippen molar-refractivity contribution in [1.29, 1.82) is 0 Å². The fourth-order valence-electron chi connectivity index (χ4n) is 2.19. The molecule has 0 saturated heterocycles. The molecule has 0 bridgehead atoms. The molecular weight excluding hydrogens is 356 g/mol. The van der Waals surface area contributed by atoms with E-state index in [0.717, 1.165) is 11.3 Å². The second kappa shape index (κ2) is 9.03. The summed E-state index contributed by atoms with van der Waals surface area (Å²) in [6.45, 7) is 2.40. The molecule has 7 heteroatoms. The van der Waals surface area contributed by atoms with Crippen molar-refractivity contribution in [1.82, 2.24) is 5.32 Å². The quantitative estimate of drug-likeness (QED) is 0.738. The summed E-state index contributed by atoms with van der Waals surface area (Å²) in [5, 5.41) is 7.84. The third-order valence-electron chi connectivity index (χ3n) is 3.68. The molecule has 0 aliphatic rings. The van der Waals surface area contributed by atoms with E-state index in [0.29, 0.717) is 13.0 Å². The Morgan fingerprint density at radius 1 is 1.08 bits per heavy atom. The number of hydrogen-bond acceptors (Lipinski definition) is 4. The zero-order valence-electron chi connectivity index (χ0n) is 14.0. The van der Waals surface area contributed by atoms with Crippen molar-refractivity contribution in [3.8, 4) is 0 Å². The van der Waals surface area contributed by atoms with Gasteiger partial charge in [-0.15, -0.1) is 11.8 Å². The van der Waals surface area contributed by atoms with Crippen LogP contribution in [0.3, 0.4) is 0 Å². The van der Waals surface area contributed by atoms with E-state index in [9.17, 15) is 13.2 Å². The SMILES string of the molecule is C[C@H](SCc1ccccc1)C(=O)NCCc1ccc(S(N)(=O)=O)cc1. The molecule has 1 amide bonds. The monoisotopic (exact) mass is 378 g/mol. The predicted molar refractivity (Wildman–Crippen MR) is 102 cm³/mol. The summed E-state index contributed by atoms with van der Waals surface area (Å²) in [5.74, 6) is 0.798. The molecule has 0 radical (unpaired) electrons. The molecule has 2 aromatic carbocycles. The standard InChI is InChI=1S/C18H22N2O3S2/c1-14(24-13-16-5-3-2-4-6-16)18(21)20-12-11-15-7-9-17(10-8-15)25(19,22)23/h2-10,14H,11-13H2,1H3,(H,20,21)(H2,19,22,23)/t14-/m0/s1. The lowest BCUT2D eigenvalue weighted by atomic mass is 10.1. The number of rotatable bonds is 8. The zero-order chi connectivity index (χ0) is 18.3. The molecule has 2 rings (SSSR count). The van der Waals surface area contributed by atoms with Gasteiger partial charge in [-0.2, -0.15) is 0 Å². The fourth-order valence-corrected chi connectivity index (χ4v) is 3.58. The summed E-state index contributed by atoms with van der Waals surface area (Å²) in [6.07, 6.45) is 0.632. The van der Waals surface area contributed by atoms with Gasteiger partial charge in [0.15, 0.2) is 0 Å². The smallest absolute Gasteiger partial charge is 0.238 e. The number of thioether (sulfide) groups is 1. The minimum Gasteiger partial charge on any atom is -0.355 e. The number of amides is 1. The van der Waals surface area contributed by atoms with Gasteiger partial charge >= 0.3 is 0 Å². The lowest BCUT2D eigenvalue weighted by molar-refractivity contribution is -0.120. The first-order chi connectivity index (χ1) is 11.9. The van der Waals surface area contributed by atoms with Gasteiger partial charge in [0.05, 0.1) is 10.1 Å². The summed E-state index contributed by atoms with van der Waals surface area (Å²) >= 11 is 1.60. The van der Waals surface area contributed by atoms with Crippen LogP contribution in [0.4, 0.5) is 0 Å². The van der Waals surface area contributed by atoms with Crippen LogP contribution in [-0.4, -0.2) is 26.1 Å². The first-order valence-corrected chi connectivity index (χ1v) is 10.5. The average Bonchev–Trinajstić information content (AvgIpc) is 2.60. The highest BCUT2D eigenvalue weighted by Gasteiger charge is 2.13. The van der Waals surface area contributed by atoms with Gasteiger partial charge in [0.1, 0.15) is 0 Å². The first kappa shape index (κ1) is 19.5. The van der Waals surface area contributed by atoms with Gasteiger partial charge in [0, 0.05) is 12.3 Å². The molecule has 0 saturated carbocycles. The predicted octanol–water partition coefficient (Wildman–Crippen LogP) is 2.31. The minimum atomic E-state index is -3.67. The minimum absolute atomic E-state index is 0.00193. The molecule has 5 nitrogen and oxygen atoms in total. The summed E-state index contributed by atoms with van der Waals surface area (Å²) in [4.78, 5) is 12.2. The van der Waals surface area contributed by atoms with E-state index in [1.54, 1.807) is 23.9 Å². The molecule has 134 valence electrons. The third-order valence-corrected chi connectivity index (χ3v) is 5.82. The van der Waals surface area contributed by atoms with E-state index < -0.39 is 10.0 Å². The molecule has 0 heterocycles. The molecule has 25 heavy (non-hydrogen) atoms. The van der Waals surface area contributed by atoms with Crippen LogP contribution in [0, 0.1) is 0 Å². The fraction of sp³-hybridized carbons (Fsp3) is 0.278. The summed E-state index contributed by atoms with van der Waals surface area (Å²) < 4.78 is 22.4. The highest BCUT2D eigenvalue weighted by Crippen LogP contribution is 2.17. The Balaban J connectivity index is 1.74. The summed E-state index contributed by atoms with van der Waals surface area (Å²) in [7, 11) is -3.67. The topological polar surface area (TPSA) is 89.3 Å². The molecule has 0 aromatic heterocycles. The number of carbonyl (C=O) groups excluding carboxylic acids is 1. The first-order valence-electron chi connectivity index (χ1n) is 7.91. The number of carbonyl (C=O) groups is 1. The van der Waals surface area contributed by atoms with Crippen molar-refractivity contribution in [3.05, 3.63) is 65.7 Å². The number of benzene rings is 2. The largest absolute Gasteiger partial charge is 0.355 e. The van der Waals surface area contributed by atoms with Gasteiger partial charge in [-0.05, 0) is 36.6 Å². The highest BCUT2D eigenvalue weighted by atomic mass is 32.2. The molecule has 3 N–H and O–H groups in total. The van der Waals surface area contributed by atoms with Crippen LogP contribution < -0.4 is 10.5 Å². The van der Waals surface area contributed by atoms with Gasteiger partial charge in [-0.1, -0.05) is 42.5 Å². The van der Waals surface area contributed by atoms with E-state index in [1.807, 2.05) is 37.3 Å². The van der Waals surface area contributed by atoms with Crippen LogP contribution in [0.25, 0.3) is 0 Å². The summed E-state index contributed by atoms with van der Waals surface area (Å²) in [5.41, 5.74) is 2.14. The van der Waals surface area contributed by atoms with Crippen molar-refractivity contribution in [2.24, 2.45) is 5.14 Å². The number of nitrogens with two attached hydrogens (primary N) is 1. The van der Waals surface area contributed by atoms with E-state index in [2.05, 4.69) is 5.32 Å². The molecule has 0 spiro atoms. The van der Waals surface area contributed by atoms with Gasteiger partial charge in [0.2, 0.25) is 15.9 Å². The highest BCUT2D eigenvalue weighted by molar-refractivity contribution is 7.99.